The number of rotatable bonds is 12. The van der Waals surface area contributed by atoms with Gasteiger partial charge < -0.3 is 23.7 Å². The molecule has 1 saturated carbocycles. The van der Waals surface area contributed by atoms with Crippen molar-refractivity contribution in [2.45, 2.75) is 31.8 Å². The number of hydrogen-bond donors (Lipinski definition) is 0. The first-order chi connectivity index (χ1) is 18.3. The monoisotopic (exact) mass is 541 g/mol. The van der Waals surface area contributed by atoms with Crippen LogP contribution in [0.5, 0.6) is 11.5 Å². The Hall–Kier alpha value is -4.05. The van der Waals surface area contributed by atoms with Crippen molar-refractivity contribution >= 4 is 29.1 Å². The summed E-state index contributed by atoms with van der Waals surface area (Å²) in [5.41, 5.74) is 0.868. The van der Waals surface area contributed by atoms with E-state index in [-0.39, 0.29) is 41.3 Å². The minimum absolute atomic E-state index is 0.0248. The molecule has 0 bridgehead atoms. The van der Waals surface area contributed by atoms with Gasteiger partial charge in [0.2, 0.25) is 5.91 Å². The Labute approximate surface area is 224 Å². The second kappa shape index (κ2) is 12.0. The van der Waals surface area contributed by atoms with E-state index in [2.05, 4.69) is 0 Å². The average molecular weight is 542 g/mol. The highest BCUT2D eigenvalue weighted by Gasteiger charge is 2.36. The number of carbonyl (C=O) groups is 2. The molecule has 0 aliphatic heterocycles. The number of nitro groups is 1. The fourth-order valence-electron chi connectivity index (χ4n) is 4.13. The third-order valence-corrected chi connectivity index (χ3v) is 6.66. The van der Waals surface area contributed by atoms with E-state index in [1.807, 2.05) is 18.2 Å². The van der Waals surface area contributed by atoms with Crippen LogP contribution >= 0.6 is 11.6 Å². The Morgan fingerprint density at radius 1 is 1.11 bits per heavy atom. The number of amides is 2. The Kier molecular flexibility index (Phi) is 8.52. The van der Waals surface area contributed by atoms with Crippen LogP contribution in [-0.2, 0) is 17.8 Å². The average Bonchev–Trinajstić information content (AvgIpc) is 3.63. The van der Waals surface area contributed by atoms with E-state index in [1.54, 1.807) is 37.5 Å². The van der Waals surface area contributed by atoms with E-state index < -0.39 is 10.8 Å². The van der Waals surface area contributed by atoms with Crippen molar-refractivity contribution in [3.05, 3.63) is 86.8 Å². The highest BCUT2D eigenvalue weighted by atomic mass is 35.5. The lowest BCUT2D eigenvalue weighted by atomic mass is 10.1. The molecule has 1 heterocycles. The number of benzene rings is 2. The molecular weight excluding hydrogens is 514 g/mol. The highest BCUT2D eigenvalue weighted by Crippen LogP contribution is 2.31. The number of ether oxygens (including phenoxy) is 2. The molecule has 1 aliphatic rings. The third kappa shape index (κ3) is 6.44. The summed E-state index contributed by atoms with van der Waals surface area (Å²) in [6.07, 6.45) is 3.63. The van der Waals surface area contributed by atoms with Crippen LogP contribution in [0.1, 0.15) is 34.5 Å². The van der Waals surface area contributed by atoms with E-state index in [9.17, 15) is 19.7 Å². The van der Waals surface area contributed by atoms with Gasteiger partial charge >= 0.3 is 0 Å². The molecule has 0 saturated heterocycles. The Morgan fingerprint density at radius 2 is 1.87 bits per heavy atom. The Bertz CT molecular complexity index is 1310. The molecule has 4 rings (SSSR count). The fourth-order valence-corrected chi connectivity index (χ4v) is 4.38. The van der Waals surface area contributed by atoms with Gasteiger partial charge in [0, 0.05) is 24.7 Å². The van der Waals surface area contributed by atoms with Crippen molar-refractivity contribution in [2.75, 3.05) is 27.3 Å². The van der Waals surface area contributed by atoms with Gasteiger partial charge in [-0.15, -0.1) is 0 Å². The molecule has 2 aromatic carbocycles. The van der Waals surface area contributed by atoms with Gasteiger partial charge in [0.25, 0.3) is 11.6 Å². The largest absolute Gasteiger partial charge is 0.493 e. The molecule has 10 nitrogen and oxygen atoms in total. The first-order valence-electron chi connectivity index (χ1n) is 12.1. The van der Waals surface area contributed by atoms with Crippen molar-refractivity contribution in [1.29, 1.82) is 0 Å². The first kappa shape index (κ1) is 27.0. The summed E-state index contributed by atoms with van der Waals surface area (Å²) in [5.74, 6) is 1.15. The maximum atomic E-state index is 13.5. The number of furan rings is 1. The van der Waals surface area contributed by atoms with Crippen molar-refractivity contribution in [3.63, 3.8) is 0 Å². The maximum absolute atomic E-state index is 13.5. The van der Waals surface area contributed by atoms with E-state index in [0.29, 0.717) is 30.2 Å². The van der Waals surface area contributed by atoms with Gasteiger partial charge in [-0.25, -0.2) is 0 Å². The van der Waals surface area contributed by atoms with E-state index >= 15 is 0 Å². The molecule has 1 aliphatic carbocycles. The predicted molar refractivity (Wildman–Crippen MR) is 140 cm³/mol. The molecule has 0 spiro atoms. The fraction of sp³-hybridized carbons (Fsp3) is 0.333. The smallest absolute Gasteiger partial charge is 0.270 e. The molecule has 200 valence electrons. The molecule has 0 radical (unpaired) electrons. The Morgan fingerprint density at radius 3 is 2.47 bits per heavy atom. The molecule has 3 aromatic rings. The van der Waals surface area contributed by atoms with Crippen LogP contribution in [0.4, 0.5) is 5.69 Å². The number of halogens is 1. The summed E-state index contributed by atoms with van der Waals surface area (Å²) < 4.78 is 16.2. The second-order valence-electron chi connectivity index (χ2n) is 8.92. The van der Waals surface area contributed by atoms with Crippen LogP contribution < -0.4 is 9.47 Å². The van der Waals surface area contributed by atoms with Crippen LogP contribution in [0.15, 0.2) is 59.2 Å². The molecule has 1 aromatic heterocycles. The second-order valence-corrected chi connectivity index (χ2v) is 9.33. The number of non-ortho nitro benzene ring substituents is 1. The Balaban J connectivity index is 1.51. The maximum Gasteiger partial charge on any atom is 0.270 e. The summed E-state index contributed by atoms with van der Waals surface area (Å²) in [6.45, 7) is 0.466. The molecule has 11 heteroatoms. The third-order valence-electron chi connectivity index (χ3n) is 6.35. The molecule has 0 N–H and O–H groups in total. The predicted octanol–water partition coefficient (Wildman–Crippen LogP) is 4.73. The van der Waals surface area contributed by atoms with Gasteiger partial charge in [-0.3, -0.25) is 19.7 Å². The van der Waals surface area contributed by atoms with E-state index in [1.165, 1.54) is 17.0 Å². The summed E-state index contributed by atoms with van der Waals surface area (Å²) in [6, 6.07) is 12.8. The summed E-state index contributed by atoms with van der Waals surface area (Å²) in [7, 11) is 3.13. The lowest BCUT2D eigenvalue weighted by Gasteiger charge is -2.27. The minimum atomic E-state index is -0.576. The lowest BCUT2D eigenvalue weighted by Crippen LogP contribution is -2.44. The van der Waals surface area contributed by atoms with Gasteiger partial charge in [0.05, 0.1) is 42.5 Å². The minimum Gasteiger partial charge on any atom is -0.493 e. The molecular formula is C27H28ClN3O7. The molecule has 0 unspecified atom stereocenters. The van der Waals surface area contributed by atoms with Gasteiger partial charge in [0.1, 0.15) is 12.3 Å². The standard InChI is InChI=1S/C27H28ClN3O7/c1-36-24-10-5-18(14-25(24)37-2)11-12-29(16-21-4-3-13-38-21)26(32)17-30(19-6-7-19)27(33)22-9-8-20(31(34)35)15-23(22)28/h3-5,8-10,13-15,19H,6-7,11-12,16-17H2,1-2H3. The zero-order valence-electron chi connectivity index (χ0n) is 21.1. The van der Waals surface area contributed by atoms with E-state index in [0.717, 1.165) is 24.5 Å². The van der Waals surface area contributed by atoms with Crippen LogP contribution in [0.2, 0.25) is 5.02 Å². The number of nitro benzene ring substituents is 1. The van der Waals surface area contributed by atoms with Gasteiger partial charge in [-0.05, 0) is 55.2 Å². The van der Waals surface area contributed by atoms with Crippen molar-refractivity contribution in [1.82, 2.24) is 9.80 Å². The first-order valence-corrected chi connectivity index (χ1v) is 12.4. The quantitative estimate of drug-likeness (QED) is 0.240. The summed E-state index contributed by atoms with van der Waals surface area (Å²) in [5, 5.41) is 11.0. The van der Waals surface area contributed by atoms with Crippen LogP contribution in [0.3, 0.4) is 0 Å². The molecule has 1 fully saturated rings. The van der Waals surface area contributed by atoms with Crippen molar-refractivity contribution < 1.29 is 28.4 Å². The number of nitrogens with zero attached hydrogens (tertiary/aromatic N) is 3. The van der Waals surface area contributed by atoms with Crippen LogP contribution in [0, 0.1) is 10.1 Å². The van der Waals surface area contributed by atoms with Crippen molar-refractivity contribution in [3.8, 4) is 11.5 Å². The van der Waals surface area contributed by atoms with E-state index in [4.69, 9.17) is 25.5 Å². The molecule has 38 heavy (non-hydrogen) atoms. The highest BCUT2D eigenvalue weighted by molar-refractivity contribution is 6.34. The number of methoxy groups -OCH3 is 2. The molecule has 2 amide bonds. The SMILES string of the molecule is COc1ccc(CCN(Cc2ccco2)C(=O)CN(C(=O)c2ccc([N+](=O)[O-])cc2Cl)C2CC2)cc1OC. The van der Waals surface area contributed by atoms with Crippen LogP contribution in [0.25, 0.3) is 0 Å². The van der Waals surface area contributed by atoms with Gasteiger partial charge in [0.15, 0.2) is 11.5 Å². The van der Waals surface area contributed by atoms with Crippen LogP contribution in [-0.4, -0.2) is 59.9 Å². The lowest BCUT2D eigenvalue weighted by molar-refractivity contribution is -0.384. The normalized spacial score (nSPS) is 12.6. The van der Waals surface area contributed by atoms with Crippen molar-refractivity contribution in [2.24, 2.45) is 0 Å². The topological polar surface area (TPSA) is 115 Å². The molecule has 0 atom stereocenters. The summed E-state index contributed by atoms with van der Waals surface area (Å²) in [4.78, 5) is 40.5. The zero-order chi connectivity index (χ0) is 27.2. The number of hydrogen-bond acceptors (Lipinski definition) is 7. The zero-order valence-corrected chi connectivity index (χ0v) is 21.8. The van der Waals surface area contributed by atoms with Gasteiger partial charge in [-0.1, -0.05) is 17.7 Å². The van der Waals surface area contributed by atoms with Gasteiger partial charge in [-0.2, -0.15) is 0 Å². The summed E-state index contributed by atoms with van der Waals surface area (Å²) >= 11 is 6.22. The number of carbonyl (C=O) groups excluding carboxylic acids is 2.